The van der Waals surface area contributed by atoms with Crippen molar-refractivity contribution in [3.05, 3.63) is 72.8 Å². The average molecular weight is 395 g/mol. The molecule has 0 amide bonds. The molecule has 0 saturated heterocycles. The van der Waals surface area contributed by atoms with Crippen LogP contribution >= 0.6 is 0 Å². The molecule has 2 N–H and O–H groups in total. The van der Waals surface area contributed by atoms with Crippen LogP contribution in [0.2, 0.25) is 0 Å². The molecule has 8 heteroatoms. The molecule has 0 aliphatic carbocycles. The van der Waals surface area contributed by atoms with Gasteiger partial charge in [0.05, 0.1) is 23.8 Å². The van der Waals surface area contributed by atoms with Crippen LogP contribution in [-0.2, 0) is 6.54 Å². The van der Waals surface area contributed by atoms with Crippen LogP contribution in [0, 0.1) is 11.3 Å². The summed E-state index contributed by atoms with van der Waals surface area (Å²) in [5, 5.41) is 22.7. The first-order valence-electron chi connectivity index (χ1n) is 9.44. The molecule has 8 nitrogen and oxygen atoms in total. The largest absolute Gasteiger partial charge is 0.490 e. The van der Waals surface area contributed by atoms with Gasteiger partial charge in [-0.15, -0.1) is 5.10 Å². The standard InChI is InChI=1S/C22H17N7O/c23-14-16-12-18-20(27-17-1-2-19-15(11-17)3-5-24-19)4-6-25-21(18)13-22(16)30-10-9-29-8-7-26-28-29/h1-8,11-13,24H,9-10H2,(H,25,27). The van der Waals surface area contributed by atoms with E-state index in [-0.39, 0.29) is 0 Å². The van der Waals surface area contributed by atoms with E-state index in [9.17, 15) is 5.26 Å². The molecule has 0 unspecified atom stereocenters. The monoisotopic (exact) mass is 395 g/mol. The fraction of sp³-hybridized carbons (Fsp3) is 0.0909. The number of hydrogen-bond donors (Lipinski definition) is 2. The Morgan fingerprint density at radius 2 is 2.10 bits per heavy atom. The number of anilines is 2. The number of H-pyrrole nitrogens is 1. The number of nitriles is 1. The number of aromatic amines is 1. The second-order valence-electron chi connectivity index (χ2n) is 6.76. The zero-order valence-corrected chi connectivity index (χ0v) is 15.9. The fourth-order valence-corrected chi connectivity index (χ4v) is 3.38. The molecule has 3 aromatic heterocycles. The first-order chi connectivity index (χ1) is 14.8. The van der Waals surface area contributed by atoms with E-state index < -0.39 is 0 Å². The second-order valence-corrected chi connectivity index (χ2v) is 6.76. The van der Waals surface area contributed by atoms with Gasteiger partial charge in [0, 0.05) is 52.3 Å². The molecule has 146 valence electrons. The van der Waals surface area contributed by atoms with Crippen LogP contribution in [-0.4, -0.2) is 31.6 Å². The molecule has 5 rings (SSSR count). The quantitative estimate of drug-likeness (QED) is 0.450. The highest BCUT2D eigenvalue weighted by molar-refractivity contribution is 5.95. The number of ether oxygens (including phenoxy) is 1. The van der Waals surface area contributed by atoms with E-state index in [1.165, 1.54) is 0 Å². The van der Waals surface area contributed by atoms with E-state index >= 15 is 0 Å². The molecule has 0 aliphatic heterocycles. The molecule has 5 aromatic rings. The molecule has 0 aliphatic rings. The van der Waals surface area contributed by atoms with Crippen LogP contribution in [0.25, 0.3) is 21.8 Å². The maximum atomic E-state index is 9.63. The number of rotatable bonds is 6. The minimum atomic E-state index is 0.373. The van der Waals surface area contributed by atoms with Crippen molar-refractivity contribution in [2.45, 2.75) is 6.54 Å². The summed E-state index contributed by atoms with van der Waals surface area (Å²) in [5.74, 6) is 0.503. The third-order valence-electron chi connectivity index (χ3n) is 4.85. The Labute approximate surface area is 171 Å². The predicted octanol–water partition coefficient (Wildman–Crippen LogP) is 4.00. The molecule has 2 aromatic carbocycles. The summed E-state index contributed by atoms with van der Waals surface area (Å²) in [7, 11) is 0. The van der Waals surface area contributed by atoms with Crippen LogP contribution < -0.4 is 10.1 Å². The minimum Gasteiger partial charge on any atom is -0.490 e. The van der Waals surface area contributed by atoms with Crippen molar-refractivity contribution in [3.8, 4) is 11.8 Å². The molecule has 0 bridgehead atoms. The topological polar surface area (TPSA) is 104 Å². The molecule has 3 heterocycles. The smallest absolute Gasteiger partial charge is 0.139 e. The molecular weight excluding hydrogens is 378 g/mol. The number of nitrogens with one attached hydrogen (secondary N) is 2. The maximum Gasteiger partial charge on any atom is 0.139 e. The van der Waals surface area contributed by atoms with Gasteiger partial charge in [0.1, 0.15) is 18.4 Å². The lowest BCUT2D eigenvalue weighted by atomic mass is 10.1. The molecule has 0 atom stereocenters. The van der Waals surface area contributed by atoms with Gasteiger partial charge in [0.15, 0.2) is 0 Å². The highest BCUT2D eigenvalue weighted by Crippen LogP contribution is 2.31. The summed E-state index contributed by atoms with van der Waals surface area (Å²) < 4.78 is 7.51. The van der Waals surface area contributed by atoms with Gasteiger partial charge >= 0.3 is 0 Å². The highest BCUT2D eigenvalue weighted by atomic mass is 16.5. The van der Waals surface area contributed by atoms with Gasteiger partial charge < -0.3 is 15.0 Å². The fourth-order valence-electron chi connectivity index (χ4n) is 3.38. The lowest BCUT2D eigenvalue weighted by Crippen LogP contribution is -2.09. The van der Waals surface area contributed by atoms with Crippen LogP contribution in [0.15, 0.2) is 67.3 Å². The van der Waals surface area contributed by atoms with Gasteiger partial charge in [0.2, 0.25) is 0 Å². The lowest BCUT2D eigenvalue weighted by molar-refractivity contribution is 0.289. The van der Waals surface area contributed by atoms with Crippen LogP contribution in [0.3, 0.4) is 0 Å². The molecule has 0 spiro atoms. The molecule has 30 heavy (non-hydrogen) atoms. The van der Waals surface area contributed by atoms with Crippen molar-refractivity contribution in [2.75, 3.05) is 11.9 Å². The van der Waals surface area contributed by atoms with E-state index in [0.29, 0.717) is 24.5 Å². The Bertz CT molecular complexity index is 1370. The Morgan fingerprint density at radius 1 is 1.13 bits per heavy atom. The molecule has 0 fully saturated rings. The zero-order chi connectivity index (χ0) is 20.3. The van der Waals surface area contributed by atoms with Crippen molar-refractivity contribution in [2.24, 2.45) is 0 Å². The van der Waals surface area contributed by atoms with Gasteiger partial charge in [-0.2, -0.15) is 5.26 Å². The number of pyridine rings is 1. The van der Waals surface area contributed by atoms with Crippen molar-refractivity contribution >= 4 is 33.2 Å². The van der Waals surface area contributed by atoms with Crippen molar-refractivity contribution in [3.63, 3.8) is 0 Å². The van der Waals surface area contributed by atoms with Crippen LogP contribution in [0.4, 0.5) is 11.4 Å². The average Bonchev–Trinajstić information content (AvgIpc) is 3.45. The number of hydrogen-bond acceptors (Lipinski definition) is 6. The van der Waals surface area contributed by atoms with Gasteiger partial charge in [-0.1, -0.05) is 5.21 Å². The molecule has 0 saturated carbocycles. The van der Waals surface area contributed by atoms with Gasteiger partial charge in [0.25, 0.3) is 0 Å². The highest BCUT2D eigenvalue weighted by Gasteiger charge is 2.11. The summed E-state index contributed by atoms with van der Waals surface area (Å²) in [6.45, 7) is 0.914. The maximum absolute atomic E-state index is 9.63. The SMILES string of the molecule is N#Cc1cc2c(Nc3ccc4[nH]ccc4c3)ccnc2cc1OCCn1ccnn1. The Hall–Kier alpha value is -4.38. The first-order valence-corrected chi connectivity index (χ1v) is 9.44. The number of benzene rings is 2. The first kappa shape index (κ1) is 17.7. The van der Waals surface area contributed by atoms with Gasteiger partial charge in [-0.05, 0) is 36.4 Å². The minimum absolute atomic E-state index is 0.373. The Morgan fingerprint density at radius 3 is 2.97 bits per heavy atom. The summed E-state index contributed by atoms with van der Waals surface area (Å²) in [4.78, 5) is 7.65. The Kier molecular flexibility index (Phi) is 4.46. The molecule has 0 radical (unpaired) electrons. The predicted molar refractivity (Wildman–Crippen MR) is 114 cm³/mol. The summed E-state index contributed by atoms with van der Waals surface area (Å²) in [5.41, 5.74) is 4.12. The number of aromatic nitrogens is 5. The van der Waals surface area contributed by atoms with E-state index in [0.717, 1.165) is 33.2 Å². The van der Waals surface area contributed by atoms with Crippen molar-refractivity contribution in [1.82, 2.24) is 25.0 Å². The van der Waals surface area contributed by atoms with Crippen molar-refractivity contribution < 1.29 is 4.74 Å². The summed E-state index contributed by atoms with van der Waals surface area (Å²) >= 11 is 0. The van der Waals surface area contributed by atoms with Crippen LogP contribution in [0.1, 0.15) is 5.56 Å². The van der Waals surface area contributed by atoms with Gasteiger partial charge in [-0.3, -0.25) is 4.98 Å². The lowest BCUT2D eigenvalue weighted by Gasteiger charge is -2.13. The summed E-state index contributed by atoms with van der Waals surface area (Å²) in [6.07, 6.45) is 7.03. The second kappa shape index (κ2) is 7.56. The zero-order valence-electron chi connectivity index (χ0n) is 15.9. The van der Waals surface area contributed by atoms with E-state index in [4.69, 9.17) is 4.74 Å². The summed E-state index contributed by atoms with van der Waals surface area (Å²) in [6, 6.07) is 15.9. The Balaban J connectivity index is 1.44. The molecular formula is C22H17N7O. The number of fused-ring (bicyclic) bond motifs is 2. The van der Waals surface area contributed by atoms with E-state index in [1.54, 1.807) is 29.3 Å². The third-order valence-corrected chi connectivity index (χ3v) is 4.85. The van der Waals surface area contributed by atoms with E-state index in [1.807, 2.05) is 36.5 Å². The van der Waals surface area contributed by atoms with Crippen LogP contribution in [0.5, 0.6) is 5.75 Å². The van der Waals surface area contributed by atoms with E-state index in [2.05, 4.69) is 37.7 Å². The van der Waals surface area contributed by atoms with Gasteiger partial charge in [-0.25, -0.2) is 4.68 Å². The third kappa shape index (κ3) is 3.40. The normalized spacial score (nSPS) is 10.9. The number of nitrogens with zero attached hydrogens (tertiary/aromatic N) is 5. The van der Waals surface area contributed by atoms with Crippen molar-refractivity contribution in [1.29, 1.82) is 5.26 Å².